The zero-order valence-corrected chi connectivity index (χ0v) is 17.5. The molecule has 1 amide bonds. The minimum atomic E-state index is -0.152. The van der Waals surface area contributed by atoms with Crippen LogP contribution in [0.25, 0.3) is 16.6 Å². The molecule has 5 nitrogen and oxygen atoms in total. The molecule has 0 spiro atoms. The van der Waals surface area contributed by atoms with Crippen LogP contribution in [-0.2, 0) is 5.41 Å². The molecule has 0 bridgehead atoms. The van der Waals surface area contributed by atoms with Crippen molar-refractivity contribution in [1.29, 1.82) is 0 Å². The maximum absolute atomic E-state index is 12.7. The molecule has 4 rings (SSSR count). The SMILES string of the molecule is Cc1ncn(-c2ccc(NC(=O)c3cc4cc(C(C)(C)C)ccc4[nH]3)cc2)c1C. The predicted molar refractivity (Wildman–Crippen MR) is 118 cm³/mol. The van der Waals surface area contributed by atoms with Crippen LogP contribution in [0.1, 0.15) is 48.2 Å². The van der Waals surface area contributed by atoms with Crippen LogP contribution in [-0.4, -0.2) is 20.4 Å². The highest BCUT2D eigenvalue weighted by atomic mass is 16.1. The maximum Gasteiger partial charge on any atom is 0.272 e. The van der Waals surface area contributed by atoms with E-state index >= 15 is 0 Å². The number of hydrogen-bond donors (Lipinski definition) is 2. The summed E-state index contributed by atoms with van der Waals surface area (Å²) in [6, 6.07) is 16.0. The lowest BCUT2D eigenvalue weighted by atomic mass is 9.86. The summed E-state index contributed by atoms with van der Waals surface area (Å²) in [5, 5.41) is 4.01. The Labute approximate surface area is 170 Å². The molecule has 5 heteroatoms. The number of anilines is 1. The summed E-state index contributed by atoms with van der Waals surface area (Å²) in [6.07, 6.45) is 1.81. The predicted octanol–water partition coefficient (Wildman–Crippen LogP) is 5.52. The first-order valence-electron chi connectivity index (χ1n) is 9.78. The Morgan fingerprint density at radius 3 is 2.38 bits per heavy atom. The fourth-order valence-electron chi connectivity index (χ4n) is 3.38. The van der Waals surface area contributed by atoms with E-state index in [-0.39, 0.29) is 11.3 Å². The van der Waals surface area contributed by atoms with Crippen molar-refractivity contribution < 1.29 is 4.79 Å². The van der Waals surface area contributed by atoms with Gasteiger partial charge in [0.1, 0.15) is 5.69 Å². The van der Waals surface area contributed by atoms with E-state index in [9.17, 15) is 4.79 Å². The average molecular weight is 386 g/mol. The molecule has 0 unspecified atom stereocenters. The van der Waals surface area contributed by atoms with Crippen LogP contribution in [0.2, 0.25) is 0 Å². The third-order valence-corrected chi connectivity index (χ3v) is 5.39. The Morgan fingerprint density at radius 1 is 1.03 bits per heavy atom. The van der Waals surface area contributed by atoms with E-state index in [0.29, 0.717) is 5.69 Å². The second-order valence-electron chi connectivity index (χ2n) is 8.52. The van der Waals surface area contributed by atoms with Gasteiger partial charge in [0.15, 0.2) is 0 Å². The first-order chi connectivity index (χ1) is 13.7. The number of aromatic nitrogens is 3. The van der Waals surface area contributed by atoms with Crippen LogP contribution < -0.4 is 5.32 Å². The van der Waals surface area contributed by atoms with E-state index in [1.807, 2.05) is 61.1 Å². The molecule has 0 saturated heterocycles. The van der Waals surface area contributed by atoms with Crippen LogP contribution in [0, 0.1) is 13.8 Å². The van der Waals surface area contributed by atoms with Crippen molar-refractivity contribution in [2.24, 2.45) is 0 Å². The number of aromatic amines is 1. The molecule has 2 N–H and O–H groups in total. The van der Waals surface area contributed by atoms with E-state index in [0.717, 1.165) is 33.7 Å². The number of benzene rings is 2. The summed E-state index contributed by atoms with van der Waals surface area (Å²) in [7, 11) is 0. The molecule has 0 atom stereocenters. The molecule has 0 fully saturated rings. The van der Waals surface area contributed by atoms with Gasteiger partial charge in [-0.3, -0.25) is 4.79 Å². The van der Waals surface area contributed by atoms with Crippen LogP contribution in [0.3, 0.4) is 0 Å². The van der Waals surface area contributed by atoms with Gasteiger partial charge in [0.2, 0.25) is 0 Å². The number of nitrogens with one attached hydrogen (secondary N) is 2. The lowest BCUT2D eigenvalue weighted by Gasteiger charge is -2.18. The van der Waals surface area contributed by atoms with Crippen molar-refractivity contribution in [1.82, 2.24) is 14.5 Å². The summed E-state index contributed by atoms with van der Waals surface area (Å²) in [5.74, 6) is -0.152. The van der Waals surface area contributed by atoms with Gasteiger partial charge in [-0.15, -0.1) is 0 Å². The highest BCUT2D eigenvalue weighted by molar-refractivity contribution is 6.06. The number of aryl methyl sites for hydroxylation is 1. The summed E-state index contributed by atoms with van der Waals surface area (Å²) in [6.45, 7) is 10.6. The molecule has 0 aliphatic heterocycles. The summed E-state index contributed by atoms with van der Waals surface area (Å²) in [4.78, 5) is 20.3. The van der Waals surface area contributed by atoms with Crippen molar-refractivity contribution in [2.75, 3.05) is 5.32 Å². The minimum absolute atomic E-state index is 0.0712. The first kappa shape index (κ1) is 19.0. The van der Waals surface area contributed by atoms with Crippen LogP contribution in [0.15, 0.2) is 54.9 Å². The highest BCUT2D eigenvalue weighted by Crippen LogP contribution is 2.26. The summed E-state index contributed by atoms with van der Waals surface area (Å²) >= 11 is 0. The third kappa shape index (κ3) is 3.68. The van der Waals surface area contributed by atoms with E-state index in [1.54, 1.807) is 0 Å². The van der Waals surface area contributed by atoms with E-state index in [1.165, 1.54) is 5.56 Å². The summed E-state index contributed by atoms with van der Waals surface area (Å²) in [5.41, 5.74) is 6.72. The number of amides is 1. The molecule has 2 heterocycles. The Balaban J connectivity index is 1.54. The maximum atomic E-state index is 12.7. The fourth-order valence-corrected chi connectivity index (χ4v) is 3.38. The van der Waals surface area contributed by atoms with Crippen molar-refractivity contribution in [2.45, 2.75) is 40.0 Å². The monoisotopic (exact) mass is 386 g/mol. The second kappa shape index (κ2) is 6.92. The number of H-pyrrole nitrogens is 1. The van der Waals surface area contributed by atoms with Gasteiger partial charge in [0.25, 0.3) is 5.91 Å². The molecule has 0 aliphatic rings. The second-order valence-corrected chi connectivity index (χ2v) is 8.52. The van der Waals surface area contributed by atoms with Crippen molar-refractivity contribution in [3.05, 3.63) is 77.5 Å². The van der Waals surface area contributed by atoms with Gasteiger partial charge in [-0.25, -0.2) is 4.98 Å². The van der Waals surface area contributed by atoms with Gasteiger partial charge >= 0.3 is 0 Å². The fraction of sp³-hybridized carbons (Fsp3) is 0.250. The van der Waals surface area contributed by atoms with E-state index in [2.05, 4.69) is 48.2 Å². The van der Waals surface area contributed by atoms with Crippen LogP contribution >= 0.6 is 0 Å². The Kier molecular flexibility index (Phi) is 4.53. The van der Waals surface area contributed by atoms with E-state index in [4.69, 9.17) is 0 Å². The lowest BCUT2D eigenvalue weighted by molar-refractivity contribution is 0.102. The molecule has 2 aromatic heterocycles. The summed E-state index contributed by atoms with van der Waals surface area (Å²) < 4.78 is 2.03. The number of fused-ring (bicyclic) bond motifs is 1. The van der Waals surface area contributed by atoms with Crippen molar-refractivity contribution >= 4 is 22.5 Å². The van der Waals surface area contributed by atoms with Gasteiger partial charge in [0, 0.05) is 28.0 Å². The normalized spacial score (nSPS) is 11.8. The number of rotatable bonds is 3. The number of imidazole rings is 1. The molecular weight excluding hydrogens is 360 g/mol. The highest BCUT2D eigenvalue weighted by Gasteiger charge is 2.16. The van der Waals surface area contributed by atoms with Gasteiger partial charge in [0.05, 0.1) is 12.0 Å². The number of carbonyl (C=O) groups excluding carboxylic acids is 1. The zero-order valence-electron chi connectivity index (χ0n) is 17.5. The number of carbonyl (C=O) groups is 1. The molecule has 0 aliphatic carbocycles. The van der Waals surface area contributed by atoms with Crippen LogP contribution in [0.5, 0.6) is 0 Å². The smallest absolute Gasteiger partial charge is 0.272 e. The molecule has 2 aromatic carbocycles. The lowest BCUT2D eigenvalue weighted by Crippen LogP contribution is -2.12. The molecule has 0 saturated carbocycles. The minimum Gasteiger partial charge on any atom is -0.351 e. The molecular formula is C24H26N4O. The molecule has 29 heavy (non-hydrogen) atoms. The van der Waals surface area contributed by atoms with Crippen molar-refractivity contribution in [3.8, 4) is 5.69 Å². The number of hydrogen-bond acceptors (Lipinski definition) is 2. The van der Waals surface area contributed by atoms with Gasteiger partial charge in [-0.1, -0.05) is 26.8 Å². The molecule has 148 valence electrons. The van der Waals surface area contributed by atoms with E-state index < -0.39 is 0 Å². The quantitative estimate of drug-likeness (QED) is 0.487. The topological polar surface area (TPSA) is 62.7 Å². The average Bonchev–Trinajstić information content (AvgIpc) is 3.25. The van der Waals surface area contributed by atoms with Crippen molar-refractivity contribution in [3.63, 3.8) is 0 Å². The molecule has 0 radical (unpaired) electrons. The third-order valence-electron chi connectivity index (χ3n) is 5.39. The largest absolute Gasteiger partial charge is 0.351 e. The van der Waals surface area contributed by atoms with Gasteiger partial charge in [-0.05, 0) is 67.3 Å². The van der Waals surface area contributed by atoms with Gasteiger partial charge in [-0.2, -0.15) is 0 Å². The Morgan fingerprint density at radius 2 is 1.76 bits per heavy atom. The standard InChI is InChI=1S/C24H26N4O/c1-15-16(2)28(14-25-15)20-9-7-19(8-10-20)26-23(29)22-13-17-12-18(24(3,4)5)6-11-21(17)27-22/h6-14,27H,1-5H3,(H,26,29). The number of nitrogens with zero attached hydrogens (tertiary/aromatic N) is 2. The van der Waals surface area contributed by atoms with Crippen LogP contribution in [0.4, 0.5) is 5.69 Å². The Bertz CT molecular complexity index is 1190. The van der Waals surface area contributed by atoms with Gasteiger partial charge < -0.3 is 14.9 Å². The first-order valence-corrected chi connectivity index (χ1v) is 9.78. The Hall–Kier alpha value is -3.34. The molecule has 4 aromatic rings. The zero-order chi connectivity index (χ0) is 20.8.